The molecule has 3 aromatic carbocycles. The molecule has 0 unspecified atom stereocenters. The fraction of sp³-hybridized carbons (Fsp3) is 0.179. The number of amides is 2. The highest BCUT2D eigenvalue weighted by Gasteiger charge is 2.20. The summed E-state index contributed by atoms with van der Waals surface area (Å²) in [7, 11) is 1.86. The molecule has 1 atom stereocenters. The van der Waals surface area contributed by atoms with Crippen LogP contribution in [0, 0.1) is 5.82 Å². The predicted octanol–water partition coefficient (Wildman–Crippen LogP) is 2.43. The van der Waals surface area contributed by atoms with E-state index < -0.39 is 23.4 Å². The lowest BCUT2D eigenvalue weighted by Gasteiger charge is -2.22. The highest BCUT2D eigenvalue weighted by atomic mass is 35.5. The van der Waals surface area contributed by atoms with E-state index in [9.17, 15) is 19.1 Å². The zero-order chi connectivity index (χ0) is 27.8. The molecule has 0 aliphatic carbocycles. The van der Waals surface area contributed by atoms with Gasteiger partial charge in [-0.3, -0.25) is 9.79 Å². The predicted molar refractivity (Wildman–Crippen MR) is 155 cm³/mol. The van der Waals surface area contributed by atoms with Crippen LogP contribution in [-0.2, 0) is 19.5 Å². The number of fused-ring (bicyclic) bond motifs is 1. The molecule has 0 saturated heterocycles. The van der Waals surface area contributed by atoms with Crippen LogP contribution in [0.2, 0.25) is 0 Å². The maximum atomic E-state index is 14.2. The number of hydrogen-bond acceptors (Lipinski definition) is 4. The zero-order valence-electron chi connectivity index (χ0n) is 21.3. The molecule has 0 aliphatic rings. The lowest BCUT2D eigenvalue weighted by atomic mass is 9.94. The van der Waals surface area contributed by atoms with Crippen molar-refractivity contribution in [3.63, 3.8) is 0 Å². The Kier molecular flexibility index (Phi) is 9.22. The van der Waals surface area contributed by atoms with E-state index in [0.29, 0.717) is 28.7 Å². The number of carbonyl (C=O) groups excluding carboxylic acids is 1. The number of aromatic nitrogens is 1. The Morgan fingerprint density at radius 2 is 1.85 bits per heavy atom. The summed E-state index contributed by atoms with van der Waals surface area (Å²) in [5.74, 6) is -0.0566. The van der Waals surface area contributed by atoms with Crippen molar-refractivity contribution < 1.29 is 14.3 Å². The summed E-state index contributed by atoms with van der Waals surface area (Å²) in [6.45, 7) is 0.242. The van der Waals surface area contributed by atoms with Crippen molar-refractivity contribution in [2.75, 3.05) is 6.00 Å². The number of carbonyl (C=O) groups is 1. The van der Waals surface area contributed by atoms with Gasteiger partial charge in [0.1, 0.15) is 25.2 Å². The van der Waals surface area contributed by atoms with E-state index in [-0.39, 0.29) is 24.8 Å². The Hall–Kier alpha value is -4.31. The van der Waals surface area contributed by atoms with E-state index in [0.717, 1.165) is 22.7 Å². The summed E-state index contributed by atoms with van der Waals surface area (Å²) in [5.41, 5.74) is 3.14. The number of aliphatic imine (C=N–C) groups is 1. The molecule has 1 aromatic heterocycles. The minimum absolute atomic E-state index is 0.0233. The molecule has 8 nitrogen and oxygen atoms in total. The fourth-order valence-electron chi connectivity index (χ4n) is 4.21. The van der Waals surface area contributed by atoms with Crippen LogP contribution in [-0.4, -0.2) is 41.8 Å². The van der Waals surface area contributed by atoms with E-state index in [4.69, 9.17) is 16.6 Å². The fourth-order valence-corrected chi connectivity index (χ4v) is 4.34. The van der Waals surface area contributed by atoms with Crippen LogP contribution in [0.25, 0.3) is 10.9 Å². The van der Waals surface area contributed by atoms with Gasteiger partial charge >= 0.3 is 6.03 Å². The number of nitrogens with one attached hydrogen (secondary N) is 4. The lowest BCUT2D eigenvalue weighted by Crippen LogP contribution is -2.51. The smallest absolute Gasteiger partial charge is 0.315 e. The van der Waals surface area contributed by atoms with E-state index in [1.165, 1.54) is 6.07 Å². The van der Waals surface area contributed by atoms with Gasteiger partial charge in [-0.1, -0.05) is 54.0 Å². The molecule has 200 valence electrons. The standard InChI is InChI=1S/C28H28BClFN5O3/c29-20-7-8-22(31)19(12-20)15-33-28(39)36-24(11-17-4-2-1-3-5-17)27(34-16-30)32-14-18-6-9-23-21(10-18)25(37)13-26(38)35-23/h1-10,12-13,24H,11,14-16,29H2,(H,32,34)(H2,33,36,39)(H2,35,37,38)/t24-/m0/s1. The van der Waals surface area contributed by atoms with Crippen LogP contribution in [0.1, 0.15) is 16.7 Å². The summed E-state index contributed by atoms with van der Waals surface area (Å²) in [6, 6.07) is 19.7. The summed E-state index contributed by atoms with van der Waals surface area (Å²) in [5, 5.41) is 19.4. The van der Waals surface area contributed by atoms with Gasteiger partial charge in [-0.05, 0) is 35.7 Å². The number of alkyl halides is 1. The van der Waals surface area contributed by atoms with Crippen LogP contribution >= 0.6 is 11.6 Å². The van der Waals surface area contributed by atoms with Gasteiger partial charge in [-0.15, -0.1) is 11.6 Å². The molecule has 0 bridgehead atoms. The number of rotatable bonds is 9. The maximum absolute atomic E-state index is 14.2. The number of hydrogen-bond donors (Lipinski definition) is 5. The molecule has 39 heavy (non-hydrogen) atoms. The second kappa shape index (κ2) is 13.0. The van der Waals surface area contributed by atoms with Crippen molar-refractivity contribution >= 4 is 47.7 Å². The van der Waals surface area contributed by atoms with Crippen molar-refractivity contribution in [3.05, 3.63) is 106 Å². The number of H-pyrrole nitrogens is 1. The van der Waals surface area contributed by atoms with E-state index >= 15 is 0 Å². The van der Waals surface area contributed by atoms with Gasteiger partial charge in [0, 0.05) is 23.6 Å². The number of urea groups is 1. The Labute approximate surface area is 230 Å². The van der Waals surface area contributed by atoms with Gasteiger partial charge in [0.2, 0.25) is 0 Å². The van der Waals surface area contributed by atoms with Crippen molar-refractivity contribution in [3.8, 4) is 5.75 Å². The van der Waals surface area contributed by atoms with Crippen LogP contribution < -0.4 is 27.0 Å². The minimum atomic E-state index is -0.571. The van der Waals surface area contributed by atoms with Crippen LogP contribution in [0.4, 0.5) is 9.18 Å². The Balaban J connectivity index is 1.55. The molecular weight excluding hydrogens is 520 g/mol. The molecule has 0 fully saturated rings. The van der Waals surface area contributed by atoms with Gasteiger partial charge in [-0.2, -0.15) is 0 Å². The van der Waals surface area contributed by atoms with Crippen LogP contribution in [0.5, 0.6) is 5.75 Å². The van der Waals surface area contributed by atoms with Gasteiger partial charge in [0.05, 0.1) is 24.1 Å². The Bertz CT molecular complexity index is 1550. The molecule has 0 spiro atoms. The molecule has 1 heterocycles. The average molecular weight is 548 g/mol. The van der Waals surface area contributed by atoms with Crippen LogP contribution in [0.15, 0.2) is 82.6 Å². The molecule has 4 aromatic rings. The molecule has 4 rings (SSSR count). The number of benzene rings is 3. The Morgan fingerprint density at radius 1 is 1.05 bits per heavy atom. The normalized spacial score (nSPS) is 12.2. The van der Waals surface area contributed by atoms with Crippen molar-refractivity contribution in [2.45, 2.75) is 25.6 Å². The quantitative estimate of drug-likeness (QED) is 0.0727. The van der Waals surface area contributed by atoms with E-state index in [1.54, 1.807) is 30.3 Å². The van der Waals surface area contributed by atoms with Gasteiger partial charge in [0.15, 0.2) is 0 Å². The second-order valence-corrected chi connectivity index (χ2v) is 9.34. The molecule has 5 N–H and O–H groups in total. The van der Waals surface area contributed by atoms with Gasteiger partial charge in [-0.25, -0.2) is 9.18 Å². The van der Waals surface area contributed by atoms with E-state index in [2.05, 4.69) is 20.9 Å². The van der Waals surface area contributed by atoms with Crippen LogP contribution in [0.3, 0.4) is 0 Å². The summed E-state index contributed by atoms with van der Waals surface area (Å²) in [6.07, 6.45) is 0.426. The SMILES string of the molecule is Bc1ccc(F)c(CNC(=O)N[C@@H](Cc2ccccc2)/C(=N/Cc2ccc3[nH]c(=O)cc(O)c3c2)NCCl)c1. The first-order chi connectivity index (χ1) is 18.8. The summed E-state index contributed by atoms with van der Waals surface area (Å²) in [4.78, 5) is 31.9. The first-order valence-electron chi connectivity index (χ1n) is 12.3. The number of aromatic amines is 1. The lowest BCUT2D eigenvalue weighted by molar-refractivity contribution is 0.239. The number of amidine groups is 1. The molecule has 11 heteroatoms. The Morgan fingerprint density at radius 3 is 2.62 bits per heavy atom. The van der Waals surface area contributed by atoms with Crippen molar-refractivity contribution in [2.24, 2.45) is 4.99 Å². The highest BCUT2D eigenvalue weighted by Crippen LogP contribution is 2.22. The number of nitrogens with zero attached hydrogens (tertiary/aromatic N) is 1. The van der Waals surface area contributed by atoms with Crippen molar-refractivity contribution in [1.29, 1.82) is 0 Å². The summed E-state index contributed by atoms with van der Waals surface area (Å²) >= 11 is 6.02. The zero-order valence-corrected chi connectivity index (χ0v) is 22.1. The molecular formula is C28H28BClFN5O3. The second-order valence-electron chi connectivity index (χ2n) is 9.07. The first kappa shape index (κ1) is 27.7. The topological polar surface area (TPSA) is 119 Å². The van der Waals surface area contributed by atoms with E-state index in [1.807, 2.05) is 38.2 Å². The first-order valence-corrected chi connectivity index (χ1v) is 12.9. The van der Waals surface area contributed by atoms with Gasteiger partial charge in [0.25, 0.3) is 5.56 Å². The van der Waals surface area contributed by atoms with Crippen molar-refractivity contribution in [1.82, 2.24) is 20.9 Å². The largest absolute Gasteiger partial charge is 0.507 e. The molecule has 0 saturated carbocycles. The number of aromatic hydroxyl groups is 1. The highest BCUT2D eigenvalue weighted by molar-refractivity contribution is 6.32. The average Bonchev–Trinajstić information content (AvgIpc) is 2.92. The molecule has 0 radical (unpaired) electrons. The third-order valence-corrected chi connectivity index (χ3v) is 6.26. The number of halogens is 2. The minimum Gasteiger partial charge on any atom is -0.507 e. The number of pyridine rings is 1. The third-order valence-electron chi connectivity index (χ3n) is 6.12. The maximum Gasteiger partial charge on any atom is 0.315 e. The van der Waals surface area contributed by atoms with Gasteiger partial charge < -0.3 is 26.0 Å². The molecule has 0 aliphatic heterocycles. The molecule has 2 amide bonds. The monoisotopic (exact) mass is 547 g/mol. The third kappa shape index (κ3) is 7.61. The summed E-state index contributed by atoms with van der Waals surface area (Å²) < 4.78 is 14.2.